The largest absolute Gasteiger partial charge is 0.330 e. The normalized spacial score (nSPS) is 30.6. The Morgan fingerprint density at radius 1 is 1.16 bits per heavy atom. The highest BCUT2D eigenvalue weighted by Gasteiger charge is 2.35. The van der Waals surface area contributed by atoms with E-state index < -0.39 is 0 Å². The first kappa shape index (κ1) is 15.3. The minimum atomic E-state index is 0.708. The summed E-state index contributed by atoms with van der Waals surface area (Å²) < 4.78 is 0. The van der Waals surface area contributed by atoms with Gasteiger partial charge in [0.15, 0.2) is 0 Å². The number of hydrogen-bond donors (Lipinski definition) is 1. The SMILES string of the molecule is CCN(C1CCN(C(C)C)CC1)C1CCCC1CN. The van der Waals surface area contributed by atoms with Crippen LogP contribution in [0.3, 0.4) is 0 Å². The van der Waals surface area contributed by atoms with Crippen LogP contribution in [0.15, 0.2) is 0 Å². The molecule has 1 saturated heterocycles. The summed E-state index contributed by atoms with van der Waals surface area (Å²) in [5.74, 6) is 0.753. The molecule has 2 aliphatic rings. The van der Waals surface area contributed by atoms with Gasteiger partial charge in [-0.15, -0.1) is 0 Å². The van der Waals surface area contributed by atoms with Crippen molar-refractivity contribution in [1.29, 1.82) is 0 Å². The molecule has 3 nitrogen and oxygen atoms in total. The first-order chi connectivity index (χ1) is 9.17. The molecule has 3 heteroatoms. The zero-order valence-electron chi connectivity index (χ0n) is 13.1. The van der Waals surface area contributed by atoms with Crippen molar-refractivity contribution in [2.24, 2.45) is 11.7 Å². The van der Waals surface area contributed by atoms with Crippen molar-refractivity contribution in [2.45, 2.75) is 71.0 Å². The highest BCUT2D eigenvalue weighted by Crippen LogP contribution is 2.32. The molecule has 0 spiro atoms. The lowest BCUT2D eigenvalue weighted by Crippen LogP contribution is -2.51. The Balaban J connectivity index is 1.92. The van der Waals surface area contributed by atoms with Gasteiger partial charge in [0, 0.05) is 18.1 Å². The standard InChI is InChI=1S/C16H33N3/c1-4-19(16-7-5-6-14(16)12-17)15-8-10-18(11-9-15)13(2)3/h13-16H,4-12,17H2,1-3H3. The van der Waals surface area contributed by atoms with Crippen molar-refractivity contribution >= 4 is 0 Å². The number of piperidine rings is 1. The van der Waals surface area contributed by atoms with Crippen LogP contribution in [0.4, 0.5) is 0 Å². The highest BCUT2D eigenvalue weighted by molar-refractivity contribution is 4.91. The van der Waals surface area contributed by atoms with Crippen molar-refractivity contribution in [3.8, 4) is 0 Å². The van der Waals surface area contributed by atoms with Crippen LogP contribution in [0.5, 0.6) is 0 Å². The van der Waals surface area contributed by atoms with Crippen LogP contribution in [0.1, 0.15) is 52.9 Å². The molecule has 2 unspecified atom stereocenters. The van der Waals surface area contributed by atoms with Crippen LogP contribution in [-0.2, 0) is 0 Å². The van der Waals surface area contributed by atoms with Crippen molar-refractivity contribution in [2.75, 3.05) is 26.2 Å². The molecule has 1 aliphatic heterocycles. The molecular weight excluding hydrogens is 234 g/mol. The summed E-state index contributed by atoms with van der Waals surface area (Å²) in [4.78, 5) is 5.42. The zero-order valence-corrected chi connectivity index (χ0v) is 13.1. The predicted octanol–water partition coefficient (Wildman–Crippen LogP) is 2.31. The van der Waals surface area contributed by atoms with Crippen molar-refractivity contribution in [3.05, 3.63) is 0 Å². The summed E-state index contributed by atoms with van der Waals surface area (Å²) in [5, 5.41) is 0. The lowest BCUT2D eigenvalue weighted by atomic mass is 9.95. The Kier molecular flexibility index (Phi) is 5.67. The molecule has 0 aromatic rings. The van der Waals surface area contributed by atoms with E-state index in [0.717, 1.165) is 24.5 Å². The van der Waals surface area contributed by atoms with Gasteiger partial charge in [0.25, 0.3) is 0 Å². The molecule has 112 valence electrons. The smallest absolute Gasteiger partial charge is 0.0138 e. The minimum Gasteiger partial charge on any atom is -0.330 e. The van der Waals surface area contributed by atoms with Gasteiger partial charge in [-0.3, -0.25) is 4.90 Å². The van der Waals surface area contributed by atoms with Gasteiger partial charge in [-0.05, 0) is 71.6 Å². The summed E-state index contributed by atoms with van der Waals surface area (Å²) in [7, 11) is 0. The van der Waals surface area contributed by atoms with Crippen LogP contribution in [0, 0.1) is 5.92 Å². The molecule has 1 saturated carbocycles. The molecule has 2 rings (SSSR count). The number of nitrogens with two attached hydrogens (primary N) is 1. The summed E-state index contributed by atoms with van der Waals surface area (Å²) >= 11 is 0. The second-order valence-corrected chi connectivity index (χ2v) is 6.69. The van der Waals surface area contributed by atoms with Crippen molar-refractivity contribution < 1.29 is 0 Å². The molecule has 2 N–H and O–H groups in total. The summed E-state index contributed by atoms with van der Waals surface area (Å²) in [6, 6.07) is 2.28. The third-order valence-corrected chi connectivity index (χ3v) is 5.41. The monoisotopic (exact) mass is 267 g/mol. The topological polar surface area (TPSA) is 32.5 Å². The first-order valence-electron chi connectivity index (χ1n) is 8.37. The van der Waals surface area contributed by atoms with E-state index in [-0.39, 0.29) is 0 Å². The second kappa shape index (κ2) is 7.05. The molecular formula is C16H33N3. The van der Waals surface area contributed by atoms with Crippen LogP contribution < -0.4 is 5.73 Å². The average Bonchev–Trinajstić information content (AvgIpc) is 2.88. The van der Waals surface area contributed by atoms with E-state index in [1.165, 1.54) is 51.7 Å². The quantitative estimate of drug-likeness (QED) is 0.829. The van der Waals surface area contributed by atoms with Gasteiger partial charge in [0.1, 0.15) is 0 Å². The molecule has 1 heterocycles. The second-order valence-electron chi connectivity index (χ2n) is 6.69. The number of likely N-dealkylation sites (tertiary alicyclic amines) is 1. The fourth-order valence-corrected chi connectivity index (χ4v) is 4.23. The third-order valence-electron chi connectivity index (χ3n) is 5.41. The molecule has 0 bridgehead atoms. The maximum atomic E-state index is 5.97. The Morgan fingerprint density at radius 2 is 1.84 bits per heavy atom. The van der Waals surface area contributed by atoms with Crippen molar-refractivity contribution in [1.82, 2.24) is 9.80 Å². The van der Waals surface area contributed by atoms with Gasteiger partial charge < -0.3 is 10.6 Å². The molecule has 19 heavy (non-hydrogen) atoms. The van der Waals surface area contributed by atoms with E-state index >= 15 is 0 Å². The van der Waals surface area contributed by atoms with Crippen LogP contribution in [-0.4, -0.2) is 54.1 Å². The Bertz CT molecular complexity index is 259. The van der Waals surface area contributed by atoms with Crippen LogP contribution in [0.25, 0.3) is 0 Å². The lowest BCUT2D eigenvalue weighted by molar-refractivity contribution is 0.0544. The average molecular weight is 267 g/mol. The molecule has 2 atom stereocenters. The predicted molar refractivity (Wildman–Crippen MR) is 82.3 cm³/mol. The minimum absolute atomic E-state index is 0.708. The molecule has 2 fully saturated rings. The van der Waals surface area contributed by atoms with E-state index in [4.69, 9.17) is 5.73 Å². The van der Waals surface area contributed by atoms with E-state index in [1.807, 2.05) is 0 Å². The number of nitrogens with zero attached hydrogens (tertiary/aromatic N) is 2. The van der Waals surface area contributed by atoms with E-state index in [2.05, 4.69) is 30.6 Å². The van der Waals surface area contributed by atoms with Gasteiger partial charge in [-0.2, -0.15) is 0 Å². The van der Waals surface area contributed by atoms with E-state index in [9.17, 15) is 0 Å². The molecule has 0 radical (unpaired) electrons. The number of hydrogen-bond acceptors (Lipinski definition) is 3. The first-order valence-corrected chi connectivity index (χ1v) is 8.37. The third kappa shape index (κ3) is 3.50. The zero-order chi connectivity index (χ0) is 13.8. The number of rotatable bonds is 5. The molecule has 1 aliphatic carbocycles. The highest BCUT2D eigenvalue weighted by atomic mass is 15.2. The van der Waals surface area contributed by atoms with Crippen molar-refractivity contribution in [3.63, 3.8) is 0 Å². The van der Waals surface area contributed by atoms with Gasteiger partial charge in [-0.1, -0.05) is 13.3 Å². The lowest BCUT2D eigenvalue weighted by Gasteiger charge is -2.43. The van der Waals surface area contributed by atoms with E-state index in [0.29, 0.717) is 6.04 Å². The van der Waals surface area contributed by atoms with Crippen LogP contribution in [0.2, 0.25) is 0 Å². The van der Waals surface area contributed by atoms with E-state index in [1.54, 1.807) is 0 Å². The fraction of sp³-hybridized carbons (Fsp3) is 1.00. The Hall–Kier alpha value is -0.120. The molecule has 0 aromatic heterocycles. The maximum absolute atomic E-state index is 5.97. The Morgan fingerprint density at radius 3 is 2.37 bits per heavy atom. The maximum Gasteiger partial charge on any atom is 0.0138 e. The van der Waals surface area contributed by atoms with Gasteiger partial charge in [-0.25, -0.2) is 0 Å². The Labute approximate surface area is 119 Å². The van der Waals surface area contributed by atoms with Gasteiger partial charge >= 0.3 is 0 Å². The van der Waals surface area contributed by atoms with Crippen LogP contribution >= 0.6 is 0 Å². The van der Waals surface area contributed by atoms with Gasteiger partial charge in [0.05, 0.1) is 0 Å². The summed E-state index contributed by atoms with van der Waals surface area (Å²) in [5.41, 5.74) is 5.97. The molecule has 0 amide bonds. The fourth-order valence-electron chi connectivity index (χ4n) is 4.23. The summed E-state index contributed by atoms with van der Waals surface area (Å²) in [6.45, 7) is 11.6. The van der Waals surface area contributed by atoms with Gasteiger partial charge in [0.2, 0.25) is 0 Å². The summed E-state index contributed by atoms with van der Waals surface area (Å²) in [6.07, 6.45) is 6.80. The molecule has 0 aromatic carbocycles.